The van der Waals surface area contributed by atoms with E-state index in [9.17, 15) is 44.0 Å². The minimum atomic E-state index is -1.32. The number of nitrogens with zero attached hydrogens (tertiary/aromatic N) is 8. The number of rotatable bonds is 16. The number of pyridine rings is 4. The highest BCUT2D eigenvalue weighted by Gasteiger charge is 2.27. The quantitative estimate of drug-likeness (QED) is 0.0427. The molecule has 12 heterocycles. The van der Waals surface area contributed by atoms with Crippen LogP contribution in [0, 0.1) is 18.6 Å². The molecule has 0 fully saturated rings. The maximum Gasteiger partial charge on any atom is 0.338 e. The average Bonchev–Trinajstić information content (AvgIpc) is 1.63. The van der Waals surface area contributed by atoms with E-state index in [2.05, 4.69) is 59.8 Å². The van der Waals surface area contributed by atoms with Crippen LogP contribution in [0.25, 0.3) is 180 Å². The van der Waals surface area contributed by atoms with Crippen LogP contribution in [0.2, 0.25) is 5.02 Å². The number of aryl methyl sites for hydroxylation is 1. The number of imidazole rings is 4. The summed E-state index contributed by atoms with van der Waals surface area (Å²) in [6.07, 6.45) is 14.1. The topological polar surface area (TPSA) is 379 Å². The zero-order chi connectivity index (χ0) is 82.7. The van der Waals surface area contributed by atoms with Gasteiger partial charge in [-0.3, -0.25) is 0 Å². The van der Waals surface area contributed by atoms with Crippen molar-refractivity contribution < 1.29 is 48.4 Å². The first-order chi connectivity index (χ1) is 58.4. The van der Waals surface area contributed by atoms with Crippen LogP contribution >= 0.6 is 11.6 Å². The number of hydrogen-bond acceptors (Lipinski definition) is 12. The summed E-state index contributed by atoms with van der Waals surface area (Å²) in [5.74, 6) is -3.42. The maximum atomic E-state index is 15.1. The highest BCUT2D eigenvalue weighted by Crippen LogP contribution is 2.43. The van der Waals surface area contributed by atoms with Crippen molar-refractivity contribution in [1.82, 2.24) is 79.7 Å². The molecule has 12 aromatic heterocycles. The fourth-order valence-electron chi connectivity index (χ4n) is 14.4. The van der Waals surface area contributed by atoms with Crippen molar-refractivity contribution in [2.24, 2.45) is 0 Å². The van der Waals surface area contributed by atoms with Crippen LogP contribution in [-0.4, -0.2) is 124 Å². The molecule has 0 amide bonds. The molecular weight excluding hydrogens is 1540 g/mol. The Morgan fingerprint density at radius 3 is 1.03 bits per heavy atom. The highest BCUT2D eigenvalue weighted by molar-refractivity contribution is 6.31. The Hall–Kier alpha value is -16.6. The molecule has 12 N–H and O–H groups in total. The number of hydrogen-bond donors (Lipinski definition) is 12. The lowest BCUT2D eigenvalue weighted by molar-refractivity contribution is 0.0682. The van der Waals surface area contributed by atoms with Crippen molar-refractivity contribution in [1.29, 1.82) is 0 Å². The molecule has 20 aromatic rings. The number of H-pyrrole nitrogens is 8. The molecule has 0 saturated carbocycles. The number of benzene rings is 8. The zero-order valence-electron chi connectivity index (χ0n) is 62.8. The Morgan fingerprint density at radius 1 is 0.317 bits per heavy atom. The van der Waals surface area contributed by atoms with Crippen molar-refractivity contribution in [3.63, 3.8) is 0 Å². The predicted molar refractivity (Wildman–Crippen MR) is 456 cm³/mol. The molecule has 24 nitrogen and oxygen atoms in total. The molecule has 27 heteroatoms. The second-order valence-corrected chi connectivity index (χ2v) is 28.0. The molecule has 0 radical (unpaired) electrons. The van der Waals surface area contributed by atoms with Crippen LogP contribution in [0.3, 0.4) is 0 Å². The van der Waals surface area contributed by atoms with Crippen LogP contribution in [0.5, 0.6) is 0 Å². The Bertz CT molecular complexity index is 6760. The summed E-state index contributed by atoms with van der Waals surface area (Å²) in [4.78, 5) is 108. The van der Waals surface area contributed by atoms with Gasteiger partial charge in [-0.1, -0.05) is 139 Å². The van der Waals surface area contributed by atoms with Gasteiger partial charge in [-0.25, -0.2) is 67.8 Å². The fourth-order valence-corrected chi connectivity index (χ4v) is 14.6. The molecule has 0 aliphatic carbocycles. The molecule has 0 spiro atoms. The predicted octanol–water partition coefficient (Wildman–Crippen LogP) is 21.2. The van der Waals surface area contributed by atoms with Crippen LogP contribution in [0.4, 0.5) is 8.78 Å². The van der Waals surface area contributed by atoms with E-state index in [-0.39, 0.29) is 22.3 Å². The lowest BCUT2D eigenvalue weighted by Gasteiger charge is -2.07. The number of nitrogens with one attached hydrogen (secondary N) is 8. The van der Waals surface area contributed by atoms with Crippen molar-refractivity contribution in [3.8, 4) is 136 Å². The average molecular weight is 1610 g/mol. The van der Waals surface area contributed by atoms with Gasteiger partial charge < -0.3 is 60.3 Å². The van der Waals surface area contributed by atoms with Crippen LogP contribution < -0.4 is 0 Å². The number of aromatic carboxylic acids is 4. The molecule has 8 aromatic carbocycles. The number of aromatic amines is 8. The van der Waals surface area contributed by atoms with E-state index in [0.29, 0.717) is 79.1 Å². The summed E-state index contributed by atoms with van der Waals surface area (Å²) in [6.45, 7) is 1.89. The summed E-state index contributed by atoms with van der Waals surface area (Å²) in [5.41, 5.74) is 17.4. The van der Waals surface area contributed by atoms with Gasteiger partial charge in [0.05, 0.1) is 67.8 Å². The monoisotopic (exact) mass is 1600 g/mol. The third-order valence-electron chi connectivity index (χ3n) is 19.8. The molecule has 0 unspecified atom stereocenters. The summed E-state index contributed by atoms with van der Waals surface area (Å²) in [6, 6.07) is 71.9. The molecule has 0 saturated heterocycles. The van der Waals surface area contributed by atoms with Gasteiger partial charge in [-0.05, 0) is 128 Å². The standard InChI is InChI=1S/C24H18N4O2.C23H15ClN4O2.2C23H15FN4O2/c1-14-11-16(13-17(12-14)24(29)30)20-21(18-7-9-25-23-19(18)8-10-26-23)28-22(27-20)15-5-3-2-4-6-15;24-16-11-14(10-15(12-16)23(29)30)19-20(17-6-8-25-22-18(17)7-9-26-22)28-21(27-19)13-4-2-1-3-5-13;24-18-16(7-4-8-17(18)23(29)30)20-19(14-9-11-25-22-15(14)10-12-26-22)27-21(28-20)13-5-2-1-3-6-13;24-16-11-14(10-15(12-16)23(29)30)19-20(17-6-8-25-22-18(17)7-9-26-22)28-21(27-19)13-4-2-1-3-5-13/h2-13H,1H3,(H,25,26)(H,27,28)(H,29,30);3*1-12H,(H,25,26)(H,27,28)(H,29,30). The van der Waals surface area contributed by atoms with E-state index >= 15 is 4.39 Å². The minimum absolute atomic E-state index is 0.106. The Morgan fingerprint density at radius 2 is 0.650 bits per heavy atom. The third-order valence-corrected chi connectivity index (χ3v) is 20.1. The fraction of sp³-hybridized carbons (Fsp3) is 0.0108. The third kappa shape index (κ3) is 15.4. The SMILES string of the molecule is Cc1cc(C(=O)O)cc(-c2nc(-c3ccccc3)[nH]c2-c2ccnc3[nH]ccc23)c1.O=C(O)c1cc(Cl)cc(-c2nc(-c3ccccc3)[nH]c2-c2ccnc3[nH]ccc23)c1.O=C(O)c1cc(F)cc(-c2nc(-c3ccccc3)[nH]c2-c2ccnc3[nH]ccc23)c1.O=C(O)c1cccc(-c2[nH]c(-c3ccccc3)nc2-c2ccnc3[nH]ccc23)c1F. The Balaban J connectivity index is 0.000000114. The van der Waals surface area contributed by atoms with Gasteiger partial charge >= 0.3 is 23.9 Å². The van der Waals surface area contributed by atoms with Crippen LogP contribution in [0.1, 0.15) is 47.0 Å². The van der Waals surface area contributed by atoms with Gasteiger partial charge in [0, 0.05) is 143 Å². The van der Waals surface area contributed by atoms with Gasteiger partial charge in [-0.15, -0.1) is 0 Å². The number of carbonyl (C=O) groups is 4. The van der Waals surface area contributed by atoms with Crippen molar-refractivity contribution in [2.45, 2.75) is 6.92 Å². The zero-order valence-corrected chi connectivity index (χ0v) is 63.6. The van der Waals surface area contributed by atoms with E-state index in [1.165, 1.54) is 30.3 Å². The van der Waals surface area contributed by atoms with Gasteiger partial charge in [0.15, 0.2) is 0 Å². The number of fused-ring (bicyclic) bond motifs is 4. The van der Waals surface area contributed by atoms with Gasteiger partial charge in [0.25, 0.3) is 0 Å². The summed E-state index contributed by atoms with van der Waals surface area (Å²) in [5, 5.41) is 41.6. The van der Waals surface area contributed by atoms with E-state index in [1.54, 1.807) is 67.5 Å². The highest BCUT2D eigenvalue weighted by atomic mass is 35.5. The van der Waals surface area contributed by atoms with E-state index in [1.807, 2.05) is 195 Å². The Kier molecular flexibility index (Phi) is 20.7. The summed E-state index contributed by atoms with van der Waals surface area (Å²) < 4.78 is 29.3. The van der Waals surface area contributed by atoms with Crippen LogP contribution in [0.15, 0.2) is 292 Å². The molecule has 20 rings (SSSR count). The molecule has 120 heavy (non-hydrogen) atoms. The molecular formula is C93H63ClF2N16O8. The first-order valence-electron chi connectivity index (χ1n) is 37.2. The van der Waals surface area contributed by atoms with E-state index in [0.717, 1.165) is 112 Å². The van der Waals surface area contributed by atoms with E-state index < -0.39 is 41.1 Å². The first kappa shape index (κ1) is 76.0. The maximum absolute atomic E-state index is 15.1. The molecule has 0 bridgehead atoms. The lowest BCUT2D eigenvalue weighted by Crippen LogP contribution is -2.02. The summed E-state index contributed by atoms with van der Waals surface area (Å²) >= 11 is 6.23. The second kappa shape index (κ2) is 32.7. The Labute approximate surface area is 683 Å². The number of aromatic nitrogens is 16. The van der Waals surface area contributed by atoms with Crippen LogP contribution in [-0.2, 0) is 0 Å². The lowest BCUT2D eigenvalue weighted by atomic mass is 10.00. The van der Waals surface area contributed by atoms with Crippen molar-refractivity contribution in [2.75, 3.05) is 0 Å². The van der Waals surface area contributed by atoms with Crippen molar-refractivity contribution >= 4 is 79.6 Å². The van der Waals surface area contributed by atoms with Crippen molar-refractivity contribution in [3.05, 3.63) is 337 Å². The molecule has 0 aliphatic rings. The van der Waals surface area contributed by atoms with Gasteiger partial charge in [-0.2, -0.15) is 0 Å². The first-order valence-corrected chi connectivity index (χ1v) is 37.6. The number of carboxylic acid groups (broad SMARTS) is 4. The largest absolute Gasteiger partial charge is 0.478 e. The normalized spacial score (nSPS) is 11.1. The van der Waals surface area contributed by atoms with E-state index in [4.69, 9.17) is 31.5 Å². The summed E-state index contributed by atoms with van der Waals surface area (Å²) in [7, 11) is 0. The van der Waals surface area contributed by atoms with Gasteiger partial charge in [0.2, 0.25) is 0 Å². The number of carboxylic acids is 4. The number of halogens is 3. The second-order valence-electron chi connectivity index (χ2n) is 27.5. The minimum Gasteiger partial charge on any atom is -0.478 e. The molecule has 0 atom stereocenters. The smallest absolute Gasteiger partial charge is 0.338 e. The molecule has 0 aliphatic heterocycles. The van der Waals surface area contributed by atoms with Gasteiger partial charge in [0.1, 0.15) is 57.5 Å². The molecule has 584 valence electrons.